The lowest BCUT2D eigenvalue weighted by Crippen LogP contribution is -2.49. The molecule has 3 aliphatic rings. The van der Waals surface area contributed by atoms with Crippen LogP contribution in [0.3, 0.4) is 0 Å². The molecule has 0 bridgehead atoms. The van der Waals surface area contributed by atoms with Gasteiger partial charge in [0.15, 0.2) is 10.6 Å². The Hall–Kier alpha value is -3.78. The number of hydrogen-bond donors (Lipinski definition) is 3. The second kappa shape index (κ2) is 5.43. The number of para-hydroxylation sites is 1. The molecule has 3 heterocycles. The van der Waals surface area contributed by atoms with Crippen molar-refractivity contribution >= 4 is 41.1 Å². The number of H-pyrrole nitrogens is 2. The van der Waals surface area contributed by atoms with Crippen molar-refractivity contribution in [3.05, 3.63) is 91.5 Å². The summed E-state index contributed by atoms with van der Waals surface area (Å²) in [5, 5.41) is 3.19. The fourth-order valence-corrected chi connectivity index (χ4v) is 5.19. The number of ketones is 1. The van der Waals surface area contributed by atoms with Gasteiger partial charge in [-0.15, -0.1) is 0 Å². The van der Waals surface area contributed by atoms with Crippen molar-refractivity contribution in [2.75, 3.05) is 17.3 Å². The zero-order valence-corrected chi connectivity index (χ0v) is 16.5. The molecule has 0 fully saturated rings. The molecule has 7 nitrogen and oxygen atoms in total. The maximum Gasteiger partial charge on any atom is 0.258 e. The van der Waals surface area contributed by atoms with E-state index in [1.54, 1.807) is 31.3 Å². The highest BCUT2D eigenvalue weighted by Crippen LogP contribution is 2.57. The van der Waals surface area contributed by atoms with Gasteiger partial charge in [-0.3, -0.25) is 19.4 Å². The SMILES string of the molecule is CN1C(=O)C2(C3=C(Nc4[nH]c(=S)[nH]c(=O)c42)c2ccccc2C3=O)c2ccccc21. The van der Waals surface area contributed by atoms with Crippen LogP contribution in [-0.4, -0.2) is 28.7 Å². The maximum absolute atomic E-state index is 13.9. The molecule has 6 rings (SSSR count). The molecule has 2 aromatic carbocycles. The van der Waals surface area contributed by atoms with E-state index < -0.39 is 11.0 Å². The number of aromatic nitrogens is 2. The van der Waals surface area contributed by atoms with Crippen LogP contribution in [0.1, 0.15) is 27.0 Å². The van der Waals surface area contributed by atoms with Crippen molar-refractivity contribution < 1.29 is 9.59 Å². The highest BCUT2D eigenvalue weighted by molar-refractivity contribution is 7.71. The van der Waals surface area contributed by atoms with Crippen LogP contribution in [0.4, 0.5) is 11.5 Å². The van der Waals surface area contributed by atoms with Crippen LogP contribution in [-0.2, 0) is 10.2 Å². The summed E-state index contributed by atoms with van der Waals surface area (Å²) in [5.74, 6) is -0.291. The fourth-order valence-electron chi connectivity index (χ4n) is 5.00. The van der Waals surface area contributed by atoms with E-state index in [4.69, 9.17) is 12.2 Å². The van der Waals surface area contributed by atoms with Gasteiger partial charge in [-0.1, -0.05) is 42.5 Å². The molecule has 1 aromatic heterocycles. The highest BCUT2D eigenvalue weighted by atomic mass is 32.1. The molecular formula is C22H14N4O3S. The number of nitrogens with zero attached hydrogens (tertiary/aromatic N) is 1. The molecule has 0 saturated heterocycles. The Morgan fingerprint density at radius 3 is 2.43 bits per heavy atom. The van der Waals surface area contributed by atoms with Gasteiger partial charge >= 0.3 is 0 Å². The van der Waals surface area contributed by atoms with E-state index >= 15 is 0 Å². The van der Waals surface area contributed by atoms with Crippen molar-refractivity contribution in [2.24, 2.45) is 0 Å². The average molecular weight is 414 g/mol. The molecule has 0 saturated carbocycles. The van der Waals surface area contributed by atoms with Crippen molar-refractivity contribution in [1.82, 2.24) is 9.97 Å². The third-order valence-electron chi connectivity index (χ3n) is 6.16. The number of aromatic amines is 2. The molecule has 1 aliphatic carbocycles. The number of carbonyl (C=O) groups excluding carboxylic acids is 2. The maximum atomic E-state index is 13.9. The van der Waals surface area contributed by atoms with Crippen LogP contribution in [0.25, 0.3) is 5.70 Å². The van der Waals surface area contributed by atoms with Gasteiger partial charge in [0.2, 0.25) is 5.91 Å². The number of hydrogen-bond acceptors (Lipinski definition) is 5. The van der Waals surface area contributed by atoms with Gasteiger partial charge < -0.3 is 15.2 Å². The Labute approximate surface area is 175 Å². The largest absolute Gasteiger partial charge is 0.340 e. The van der Waals surface area contributed by atoms with Crippen LogP contribution in [0.15, 0.2) is 58.9 Å². The summed E-state index contributed by atoms with van der Waals surface area (Å²) in [6.07, 6.45) is 0. The molecular weight excluding hydrogens is 400 g/mol. The quantitative estimate of drug-likeness (QED) is 0.492. The van der Waals surface area contributed by atoms with Crippen LogP contribution in [0.5, 0.6) is 0 Å². The first-order valence-electron chi connectivity index (χ1n) is 9.37. The summed E-state index contributed by atoms with van der Waals surface area (Å²) < 4.78 is 0.134. The van der Waals surface area contributed by atoms with E-state index in [9.17, 15) is 14.4 Å². The molecule has 3 N–H and O–H groups in total. The van der Waals surface area contributed by atoms with E-state index in [2.05, 4.69) is 15.3 Å². The number of amides is 1. The van der Waals surface area contributed by atoms with Crippen molar-refractivity contribution in [2.45, 2.75) is 5.41 Å². The van der Waals surface area contributed by atoms with E-state index in [1.165, 1.54) is 4.90 Å². The zero-order chi connectivity index (χ0) is 20.8. The normalized spacial score (nSPS) is 20.8. The first kappa shape index (κ1) is 17.1. The zero-order valence-electron chi connectivity index (χ0n) is 15.7. The monoisotopic (exact) mass is 414 g/mol. The van der Waals surface area contributed by atoms with Crippen LogP contribution in [0.2, 0.25) is 0 Å². The average Bonchev–Trinajstić information content (AvgIpc) is 3.14. The lowest BCUT2D eigenvalue weighted by atomic mass is 9.67. The molecule has 8 heteroatoms. The lowest BCUT2D eigenvalue weighted by molar-refractivity contribution is -0.120. The van der Waals surface area contributed by atoms with Crippen molar-refractivity contribution in [3.8, 4) is 0 Å². The first-order valence-corrected chi connectivity index (χ1v) is 9.77. The van der Waals surface area contributed by atoms with E-state index in [-0.39, 0.29) is 27.6 Å². The smallest absolute Gasteiger partial charge is 0.258 e. The number of rotatable bonds is 0. The molecule has 0 radical (unpaired) electrons. The van der Waals surface area contributed by atoms with Crippen LogP contribution < -0.4 is 15.8 Å². The van der Waals surface area contributed by atoms with Gasteiger partial charge in [0.1, 0.15) is 11.2 Å². The summed E-state index contributed by atoms with van der Waals surface area (Å²) in [6.45, 7) is 0. The van der Waals surface area contributed by atoms with Crippen molar-refractivity contribution in [1.29, 1.82) is 0 Å². The summed E-state index contributed by atoms with van der Waals surface area (Å²) in [7, 11) is 1.66. The van der Waals surface area contributed by atoms with Gasteiger partial charge in [0, 0.05) is 35.0 Å². The minimum Gasteiger partial charge on any atom is -0.340 e. The molecule has 146 valence electrons. The summed E-state index contributed by atoms with van der Waals surface area (Å²) in [6, 6.07) is 14.4. The predicted molar refractivity (Wildman–Crippen MR) is 114 cm³/mol. The molecule has 1 amide bonds. The number of fused-ring (bicyclic) bond motifs is 7. The Balaban J connectivity index is 1.84. The highest BCUT2D eigenvalue weighted by Gasteiger charge is 2.62. The Morgan fingerprint density at radius 2 is 1.63 bits per heavy atom. The molecule has 2 aliphatic heterocycles. The molecule has 3 aromatic rings. The Bertz CT molecular complexity index is 1480. The summed E-state index contributed by atoms with van der Waals surface area (Å²) >= 11 is 5.17. The van der Waals surface area contributed by atoms with Gasteiger partial charge in [-0.05, 0) is 18.3 Å². The Kier molecular flexibility index (Phi) is 3.09. The van der Waals surface area contributed by atoms with E-state index in [0.29, 0.717) is 33.9 Å². The third kappa shape index (κ3) is 1.76. The lowest BCUT2D eigenvalue weighted by Gasteiger charge is -2.35. The van der Waals surface area contributed by atoms with E-state index in [1.807, 2.05) is 24.3 Å². The molecule has 30 heavy (non-hydrogen) atoms. The van der Waals surface area contributed by atoms with Gasteiger partial charge in [-0.2, -0.15) is 0 Å². The number of anilines is 2. The van der Waals surface area contributed by atoms with Gasteiger partial charge in [0.05, 0.1) is 11.3 Å². The molecule has 1 atom stereocenters. The Morgan fingerprint density at radius 1 is 0.933 bits per heavy atom. The third-order valence-corrected chi connectivity index (χ3v) is 6.36. The number of benzene rings is 2. The number of likely N-dealkylation sites (N-methyl/N-ethyl adjacent to an activating group) is 1. The summed E-state index contributed by atoms with van der Waals surface area (Å²) in [4.78, 5) is 47.8. The topological polar surface area (TPSA) is 98.1 Å². The van der Waals surface area contributed by atoms with E-state index in [0.717, 1.165) is 0 Å². The number of Topliss-reactive ketones (excluding diaryl/α,β-unsaturated/α-hetero) is 1. The molecule has 1 unspecified atom stereocenters. The predicted octanol–water partition coefficient (Wildman–Crippen LogP) is 2.73. The van der Waals surface area contributed by atoms with Crippen LogP contribution in [0, 0.1) is 4.77 Å². The van der Waals surface area contributed by atoms with Gasteiger partial charge in [-0.25, -0.2) is 0 Å². The first-order chi connectivity index (χ1) is 14.5. The second-order valence-electron chi connectivity index (χ2n) is 7.54. The second-order valence-corrected chi connectivity index (χ2v) is 7.95. The van der Waals surface area contributed by atoms with Crippen LogP contribution >= 0.6 is 12.2 Å². The minimum absolute atomic E-state index is 0.134. The molecule has 1 spiro atoms. The van der Waals surface area contributed by atoms with Crippen molar-refractivity contribution in [3.63, 3.8) is 0 Å². The van der Waals surface area contributed by atoms with Gasteiger partial charge in [0.25, 0.3) is 5.56 Å². The number of carbonyl (C=O) groups is 2. The summed E-state index contributed by atoms with van der Waals surface area (Å²) in [5.41, 5.74) is 1.33. The fraction of sp³-hybridized carbons (Fsp3) is 0.0909. The number of nitrogens with one attached hydrogen (secondary N) is 3. The standard InChI is InChI=1S/C22H14N4O3S/c1-26-13-9-5-4-8-12(13)22(20(26)29)14-16(10-6-2-3-7-11(10)17(14)27)23-18-15(22)19(28)25-21(30)24-18/h2-9H,1H3,(H3,23,24,25,28,30). The minimum atomic E-state index is -1.56.